The van der Waals surface area contributed by atoms with Crippen LogP contribution in [0.4, 0.5) is 4.79 Å². The second-order valence-electron chi connectivity index (χ2n) is 11.7. The molecule has 4 aliphatic heterocycles. The van der Waals surface area contributed by atoms with Gasteiger partial charge in [0.15, 0.2) is 0 Å². The summed E-state index contributed by atoms with van der Waals surface area (Å²) in [5, 5.41) is 0.920. The van der Waals surface area contributed by atoms with Crippen molar-refractivity contribution in [2.75, 3.05) is 26.2 Å². The van der Waals surface area contributed by atoms with Gasteiger partial charge in [-0.15, -0.1) is 0 Å². The predicted molar refractivity (Wildman–Crippen MR) is 159 cm³/mol. The number of cyclic esters (lactones) is 1. The number of rotatable bonds is 3. The molecule has 42 heavy (non-hydrogen) atoms. The molecule has 0 saturated carbocycles. The molecular weight excluding hydrogens is 532 g/mol. The molecule has 218 valence electrons. The SMILES string of the molecule is C/C=C1/C(=O)OCc2c1cc1n(c2=O)Cc2c-1nc1ccc(OC(=O)N3CCC(N4CCCCC4)CC3)cc1c2CC. The second-order valence-corrected chi connectivity index (χ2v) is 11.7. The maximum absolute atomic E-state index is 13.5. The van der Waals surface area contributed by atoms with E-state index in [2.05, 4.69) is 11.8 Å². The lowest BCUT2D eigenvalue weighted by Crippen LogP contribution is -2.48. The molecule has 0 radical (unpaired) electrons. The molecule has 0 aliphatic carbocycles. The number of likely N-dealkylation sites (tertiary alicyclic amines) is 2. The number of ether oxygens (including phenoxy) is 2. The lowest BCUT2D eigenvalue weighted by atomic mass is 9.96. The number of piperidine rings is 2. The Kier molecular flexibility index (Phi) is 6.85. The van der Waals surface area contributed by atoms with Crippen LogP contribution in [0.1, 0.15) is 68.2 Å². The number of carbonyl (C=O) groups excluding carboxylic acids is 2. The van der Waals surface area contributed by atoms with Crippen LogP contribution in [0, 0.1) is 0 Å². The highest BCUT2D eigenvalue weighted by molar-refractivity contribution is 6.17. The molecule has 0 atom stereocenters. The summed E-state index contributed by atoms with van der Waals surface area (Å²) in [7, 11) is 0. The first-order valence-electron chi connectivity index (χ1n) is 15.2. The van der Waals surface area contributed by atoms with E-state index in [9.17, 15) is 14.4 Å². The number of hydrogen-bond acceptors (Lipinski definition) is 7. The van der Waals surface area contributed by atoms with Crippen molar-refractivity contribution < 1.29 is 19.1 Å². The lowest BCUT2D eigenvalue weighted by molar-refractivity contribution is -0.138. The van der Waals surface area contributed by atoms with Crippen molar-refractivity contribution in [2.45, 2.75) is 71.6 Å². The number of aromatic nitrogens is 2. The Morgan fingerprint density at radius 2 is 1.86 bits per heavy atom. The van der Waals surface area contributed by atoms with E-state index in [0.717, 1.165) is 47.0 Å². The first kappa shape index (κ1) is 26.9. The van der Waals surface area contributed by atoms with Crippen molar-refractivity contribution in [3.8, 4) is 17.1 Å². The van der Waals surface area contributed by atoms with Gasteiger partial charge in [0.25, 0.3) is 5.56 Å². The van der Waals surface area contributed by atoms with Crippen molar-refractivity contribution in [1.29, 1.82) is 0 Å². The van der Waals surface area contributed by atoms with Crippen molar-refractivity contribution in [2.24, 2.45) is 0 Å². The van der Waals surface area contributed by atoms with Gasteiger partial charge in [-0.05, 0) is 81.9 Å². The lowest BCUT2D eigenvalue weighted by Gasteiger charge is -2.39. The minimum atomic E-state index is -0.415. The highest BCUT2D eigenvalue weighted by atomic mass is 16.6. The van der Waals surface area contributed by atoms with Crippen molar-refractivity contribution in [1.82, 2.24) is 19.4 Å². The van der Waals surface area contributed by atoms with Crippen LogP contribution in [0.25, 0.3) is 27.9 Å². The van der Waals surface area contributed by atoms with Crippen LogP contribution in [0.15, 0.2) is 35.1 Å². The van der Waals surface area contributed by atoms with Crippen molar-refractivity contribution in [3.63, 3.8) is 0 Å². The van der Waals surface area contributed by atoms with Crippen LogP contribution in [-0.4, -0.2) is 63.6 Å². The third-order valence-corrected chi connectivity index (χ3v) is 9.47. The van der Waals surface area contributed by atoms with Gasteiger partial charge in [0.1, 0.15) is 12.4 Å². The van der Waals surface area contributed by atoms with E-state index in [-0.39, 0.29) is 18.3 Å². The van der Waals surface area contributed by atoms with Crippen molar-refractivity contribution >= 4 is 28.5 Å². The van der Waals surface area contributed by atoms with Gasteiger partial charge in [-0.3, -0.25) is 4.79 Å². The molecule has 2 saturated heterocycles. The maximum atomic E-state index is 13.5. The van der Waals surface area contributed by atoms with Gasteiger partial charge in [-0.2, -0.15) is 0 Å². The summed E-state index contributed by atoms with van der Waals surface area (Å²) in [6.45, 7) is 8.01. The van der Waals surface area contributed by atoms with Crippen LogP contribution in [0.2, 0.25) is 0 Å². The topological polar surface area (TPSA) is 94.0 Å². The van der Waals surface area contributed by atoms with Crippen molar-refractivity contribution in [3.05, 3.63) is 62.9 Å². The Morgan fingerprint density at radius 1 is 1.07 bits per heavy atom. The van der Waals surface area contributed by atoms with Crippen LogP contribution in [0.5, 0.6) is 5.75 Å². The molecule has 2 fully saturated rings. The number of allylic oxidation sites excluding steroid dienone is 1. The van der Waals surface area contributed by atoms with E-state index in [1.54, 1.807) is 23.6 Å². The fourth-order valence-electron chi connectivity index (χ4n) is 7.24. The average Bonchev–Trinajstić information content (AvgIpc) is 3.38. The molecule has 2 aromatic heterocycles. The Bertz CT molecular complexity index is 1690. The molecule has 0 bridgehead atoms. The zero-order valence-corrected chi connectivity index (χ0v) is 24.3. The van der Waals surface area contributed by atoms with E-state index in [4.69, 9.17) is 14.5 Å². The standard InChI is InChI=1S/C33H36N4O5/c1-3-22-25-16-21(42-33(40)36-14-10-20(11-15-36)35-12-6-5-7-13-35)8-9-28(25)34-30-26(22)18-37-29(30)17-24-23(4-2)32(39)41-19-27(24)31(37)38/h4,8-9,16-17,20H,3,5-7,10-15,18-19H2,1-2H3/b23-4+. The molecule has 6 heterocycles. The molecule has 1 aromatic carbocycles. The number of fused-ring (bicyclic) bond motifs is 5. The molecule has 0 unspecified atom stereocenters. The molecular formula is C33H36N4O5. The Hall–Kier alpha value is -3.98. The minimum Gasteiger partial charge on any atom is -0.457 e. The van der Waals surface area contributed by atoms with Gasteiger partial charge in [0, 0.05) is 35.6 Å². The number of esters is 1. The van der Waals surface area contributed by atoms with Gasteiger partial charge in [-0.25, -0.2) is 14.6 Å². The highest BCUT2D eigenvalue weighted by Crippen LogP contribution is 2.39. The normalized spacial score (nSPS) is 19.9. The number of aryl methyl sites for hydroxylation is 1. The van der Waals surface area contributed by atoms with Crippen LogP contribution in [0.3, 0.4) is 0 Å². The smallest absolute Gasteiger partial charge is 0.415 e. The number of amides is 1. The van der Waals surface area contributed by atoms with Gasteiger partial charge >= 0.3 is 12.1 Å². The summed E-state index contributed by atoms with van der Waals surface area (Å²) >= 11 is 0. The quantitative estimate of drug-likeness (QED) is 0.256. The second kappa shape index (κ2) is 10.7. The van der Waals surface area contributed by atoms with Gasteiger partial charge in [-0.1, -0.05) is 19.4 Å². The van der Waals surface area contributed by atoms with E-state index in [0.29, 0.717) is 53.8 Å². The maximum Gasteiger partial charge on any atom is 0.415 e. The molecule has 4 aliphatic rings. The summed E-state index contributed by atoms with van der Waals surface area (Å²) in [6, 6.07) is 8.05. The molecule has 9 heteroatoms. The van der Waals surface area contributed by atoms with Gasteiger partial charge < -0.3 is 23.8 Å². The summed E-state index contributed by atoms with van der Waals surface area (Å²) in [5.41, 5.74) is 5.68. The average molecular weight is 569 g/mol. The zero-order valence-electron chi connectivity index (χ0n) is 24.3. The zero-order chi connectivity index (χ0) is 29.0. The van der Waals surface area contributed by atoms with E-state index < -0.39 is 5.97 Å². The summed E-state index contributed by atoms with van der Waals surface area (Å²) in [6.07, 6.45) is 7.97. The minimum absolute atomic E-state index is 0.0261. The third kappa shape index (κ3) is 4.42. The summed E-state index contributed by atoms with van der Waals surface area (Å²) in [5.74, 6) is 0.0837. The first-order valence-corrected chi connectivity index (χ1v) is 15.2. The fourth-order valence-corrected chi connectivity index (χ4v) is 7.24. The fraction of sp³-hybridized carbons (Fsp3) is 0.455. The molecule has 0 spiro atoms. The Balaban J connectivity index is 1.16. The monoisotopic (exact) mass is 568 g/mol. The molecule has 7 rings (SSSR count). The Morgan fingerprint density at radius 3 is 2.60 bits per heavy atom. The predicted octanol–water partition coefficient (Wildman–Crippen LogP) is 4.90. The first-order chi connectivity index (χ1) is 20.5. The number of hydrogen-bond donors (Lipinski definition) is 0. The molecule has 3 aromatic rings. The molecule has 9 nitrogen and oxygen atoms in total. The van der Waals surface area contributed by atoms with Crippen LogP contribution in [-0.2, 0) is 29.1 Å². The number of benzene rings is 1. The summed E-state index contributed by atoms with van der Waals surface area (Å²) in [4.78, 5) is 48.4. The summed E-state index contributed by atoms with van der Waals surface area (Å²) < 4.78 is 12.9. The van der Waals surface area contributed by atoms with E-state index >= 15 is 0 Å². The van der Waals surface area contributed by atoms with Gasteiger partial charge in [0.05, 0.1) is 34.6 Å². The highest BCUT2D eigenvalue weighted by Gasteiger charge is 2.33. The third-order valence-electron chi connectivity index (χ3n) is 9.47. The molecule has 0 N–H and O–H groups in total. The molecule has 1 amide bonds. The largest absolute Gasteiger partial charge is 0.457 e. The van der Waals surface area contributed by atoms with Gasteiger partial charge in [0.2, 0.25) is 0 Å². The van der Waals surface area contributed by atoms with E-state index in [1.165, 1.54) is 32.4 Å². The number of pyridine rings is 2. The van der Waals surface area contributed by atoms with E-state index in [1.807, 2.05) is 23.1 Å². The Labute approximate surface area is 244 Å². The number of nitrogens with zero attached hydrogens (tertiary/aromatic N) is 4. The van der Waals surface area contributed by atoms with Crippen LogP contribution >= 0.6 is 0 Å². The van der Waals surface area contributed by atoms with Crippen LogP contribution < -0.4 is 10.3 Å². The number of carbonyl (C=O) groups is 2.